The van der Waals surface area contributed by atoms with E-state index in [2.05, 4.69) is 20.4 Å². The summed E-state index contributed by atoms with van der Waals surface area (Å²) in [6, 6.07) is 1.43. The van der Waals surface area contributed by atoms with E-state index in [1.54, 1.807) is 41.5 Å². The molecule has 0 saturated carbocycles. The van der Waals surface area contributed by atoms with Crippen LogP contribution >= 0.6 is 0 Å². The Hall–Kier alpha value is -3.57. The first-order chi connectivity index (χ1) is 17.1. The molecule has 0 aliphatic heterocycles. The van der Waals surface area contributed by atoms with Crippen molar-refractivity contribution in [3.05, 3.63) is 23.5 Å². The quantitative estimate of drug-likeness (QED) is 0.253. The molecule has 0 saturated heterocycles. The molecular weight excluding hydrogens is 484 g/mol. The van der Waals surface area contributed by atoms with Crippen LogP contribution in [0.2, 0.25) is 0 Å². The van der Waals surface area contributed by atoms with Crippen molar-refractivity contribution in [2.24, 2.45) is 0 Å². The number of alkyl carbamates (subject to hydrolysis) is 1. The van der Waals surface area contributed by atoms with Crippen molar-refractivity contribution in [3.8, 4) is 5.75 Å². The smallest absolute Gasteiger partial charge is 0.410 e. The molecule has 208 valence electrons. The molecule has 12 nitrogen and oxygen atoms in total. The first-order valence-corrected chi connectivity index (χ1v) is 12.0. The fourth-order valence-electron chi connectivity index (χ4n) is 2.93. The third kappa shape index (κ3) is 12.8. The van der Waals surface area contributed by atoms with Crippen molar-refractivity contribution in [1.29, 1.82) is 0 Å². The molecule has 0 aliphatic carbocycles. The number of hydrogen-bond acceptors (Lipinski definition) is 9. The van der Waals surface area contributed by atoms with Gasteiger partial charge < -0.3 is 34.5 Å². The van der Waals surface area contributed by atoms with Crippen LogP contribution in [-0.2, 0) is 25.5 Å². The molecule has 0 unspecified atom stereocenters. The highest BCUT2D eigenvalue weighted by molar-refractivity contribution is 5.87. The molecule has 1 heterocycles. The predicted molar refractivity (Wildman–Crippen MR) is 135 cm³/mol. The van der Waals surface area contributed by atoms with Crippen LogP contribution in [0.3, 0.4) is 0 Å². The first kappa shape index (κ1) is 31.5. The van der Waals surface area contributed by atoms with Gasteiger partial charge in [-0.2, -0.15) is 0 Å². The van der Waals surface area contributed by atoms with Crippen LogP contribution in [0.1, 0.15) is 70.4 Å². The molecule has 0 atom stereocenters. The highest BCUT2D eigenvalue weighted by atomic mass is 16.6. The third-order valence-electron chi connectivity index (χ3n) is 4.52. The number of amides is 3. The number of aromatic nitrogens is 1. The van der Waals surface area contributed by atoms with E-state index in [-0.39, 0.29) is 37.7 Å². The molecule has 37 heavy (non-hydrogen) atoms. The number of methoxy groups -OCH3 is 2. The van der Waals surface area contributed by atoms with E-state index in [9.17, 15) is 19.2 Å². The van der Waals surface area contributed by atoms with E-state index >= 15 is 0 Å². The molecule has 1 rings (SSSR count). The van der Waals surface area contributed by atoms with Crippen molar-refractivity contribution >= 4 is 24.1 Å². The molecular formula is C25H40N4O8. The first-order valence-electron chi connectivity index (χ1n) is 12.0. The second-order valence-electron chi connectivity index (χ2n) is 10.2. The highest BCUT2D eigenvalue weighted by Crippen LogP contribution is 2.22. The maximum absolute atomic E-state index is 12.8. The maximum Gasteiger partial charge on any atom is 0.410 e. The molecule has 1 aromatic heterocycles. The summed E-state index contributed by atoms with van der Waals surface area (Å²) in [5.41, 5.74) is -0.706. The summed E-state index contributed by atoms with van der Waals surface area (Å²) in [7, 11) is 2.69. The van der Waals surface area contributed by atoms with Crippen molar-refractivity contribution in [3.63, 3.8) is 0 Å². The van der Waals surface area contributed by atoms with Gasteiger partial charge in [-0.05, 0) is 48.0 Å². The molecule has 0 fully saturated rings. The van der Waals surface area contributed by atoms with Crippen LogP contribution in [0.15, 0.2) is 12.3 Å². The van der Waals surface area contributed by atoms with Gasteiger partial charge in [-0.25, -0.2) is 19.4 Å². The van der Waals surface area contributed by atoms with Crippen LogP contribution in [-0.4, -0.2) is 79.0 Å². The molecule has 0 aromatic carbocycles. The van der Waals surface area contributed by atoms with Crippen LogP contribution in [0.25, 0.3) is 0 Å². The number of nitrogens with zero attached hydrogens (tertiary/aromatic N) is 2. The summed E-state index contributed by atoms with van der Waals surface area (Å²) in [6.07, 6.45) is 0.928. The minimum absolute atomic E-state index is 0.0698. The van der Waals surface area contributed by atoms with Gasteiger partial charge in [0, 0.05) is 43.9 Å². The fraction of sp³-hybridized carbons (Fsp3) is 0.640. The van der Waals surface area contributed by atoms with Gasteiger partial charge in [-0.15, -0.1) is 0 Å². The second-order valence-corrected chi connectivity index (χ2v) is 10.2. The molecule has 12 heteroatoms. The number of esters is 1. The van der Waals surface area contributed by atoms with Crippen molar-refractivity contribution in [2.75, 3.05) is 33.9 Å². The van der Waals surface area contributed by atoms with Gasteiger partial charge >= 0.3 is 18.2 Å². The Morgan fingerprint density at radius 3 is 2.16 bits per heavy atom. The molecule has 0 aliphatic rings. The number of pyridine rings is 1. The minimum Gasteiger partial charge on any atom is -0.496 e. The van der Waals surface area contributed by atoms with E-state index in [1.165, 1.54) is 31.4 Å². The molecule has 2 N–H and O–H groups in total. The zero-order chi connectivity index (χ0) is 28.2. The average molecular weight is 525 g/mol. The van der Waals surface area contributed by atoms with Gasteiger partial charge in [-0.1, -0.05) is 0 Å². The van der Waals surface area contributed by atoms with Crippen LogP contribution < -0.4 is 15.4 Å². The summed E-state index contributed by atoms with van der Waals surface area (Å²) in [5.74, 6) is -0.486. The predicted octanol–water partition coefficient (Wildman–Crippen LogP) is 3.04. The second kappa shape index (κ2) is 14.2. The van der Waals surface area contributed by atoms with E-state index < -0.39 is 29.4 Å². The van der Waals surface area contributed by atoms with Crippen molar-refractivity contribution < 1.29 is 38.1 Å². The van der Waals surface area contributed by atoms with Gasteiger partial charge in [0.25, 0.3) is 0 Å². The number of hydrogen-bond donors (Lipinski definition) is 2. The summed E-state index contributed by atoms with van der Waals surface area (Å²) in [4.78, 5) is 54.0. The summed E-state index contributed by atoms with van der Waals surface area (Å²) >= 11 is 0. The van der Waals surface area contributed by atoms with Crippen molar-refractivity contribution in [1.82, 2.24) is 20.5 Å². The fourth-order valence-corrected chi connectivity index (χ4v) is 2.93. The van der Waals surface area contributed by atoms with E-state index in [1.807, 2.05) is 0 Å². The molecule has 0 spiro atoms. The monoisotopic (exact) mass is 524 g/mol. The molecule has 0 bridgehead atoms. The number of carbonyl (C=O) groups excluding carboxylic acids is 4. The summed E-state index contributed by atoms with van der Waals surface area (Å²) in [6.45, 7) is 11.3. The number of ether oxygens (including phenoxy) is 4. The number of nitrogens with one attached hydrogen (secondary N) is 2. The molecule has 3 amide bonds. The lowest BCUT2D eigenvalue weighted by molar-refractivity contribution is -0.121. The normalized spacial score (nSPS) is 11.2. The summed E-state index contributed by atoms with van der Waals surface area (Å²) in [5, 5.41) is 5.36. The Morgan fingerprint density at radius 2 is 1.59 bits per heavy atom. The molecule has 1 aromatic rings. The Labute approximate surface area is 218 Å². The van der Waals surface area contributed by atoms with Gasteiger partial charge in [0.1, 0.15) is 17.0 Å². The van der Waals surface area contributed by atoms with Gasteiger partial charge in [0.2, 0.25) is 5.91 Å². The lowest BCUT2D eigenvalue weighted by Gasteiger charge is -2.28. The third-order valence-corrected chi connectivity index (χ3v) is 4.52. The Morgan fingerprint density at radius 1 is 0.946 bits per heavy atom. The van der Waals surface area contributed by atoms with E-state index in [4.69, 9.17) is 14.2 Å². The Bertz CT molecular complexity index is 938. The number of rotatable bonds is 11. The van der Waals surface area contributed by atoms with Crippen LogP contribution in [0.4, 0.5) is 9.59 Å². The number of carbonyl (C=O) groups is 4. The van der Waals surface area contributed by atoms with E-state index in [0.717, 1.165) is 0 Å². The van der Waals surface area contributed by atoms with Gasteiger partial charge in [0.05, 0.1) is 20.8 Å². The average Bonchev–Trinajstić information content (AvgIpc) is 2.78. The Kier molecular flexibility index (Phi) is 12.1. The lowest BCUT2D eigenvalue weighted by Crippen LogP contribution is -2.41. The Balaban J connectivity index is 2.71. The summed E-state index contributed by atoms with van der Waals surface area (Å²) < 4.78 is 20.7. The largest absolute Gasteiger partial charge is 0.496 e. The highest BCUT2D eigenvalue weighted by Gasteiger charge is 2.24. The van der Waals surface area contributed by atoms with Crippen LogP contribution in [0, 0.1) is 0 Å². The topological polar surface area (TPSA) is 145 Å². The van der Waals surface area contributed by atoms with Gasteiger partial charge in [-0.3, -0.25) is 4.79 Å². The standard InChI is InChI=1S/C25H40N4O8/c1-24(2,3)36-22(32)27-11-9-10-20(30)26-12-13-29(23(33)37-25(4,5)6)16-17-15-28-18(21(31)35-8)14-19(17)34-7/h14-15H,9-13,16H2,1-8H3,(H,26,30)(H,27,32). The zero-order valence-electron chi connectivity index (χ0n) is 23.1. The zero-order valence-corrected chi connectivity index (χ0v) is 23.1. The minimum atomic E-state index is -0.725. The molecule has 0 radical (unpaired) electrons. The van der Waals surface area contributed by atoms with Gasteiger partial charge in [0.15, 0.2) is 5.69 Å². The van der Waals surface area contributed by atoms with E-state index in [0.29, 0.717) is 24.3 Å². The van der Waals surface area contributed by atoms with Crippen LogP contribution in [0.5, 0.6) is 5.75 Å². The van der Waals surface area contributed by atoms with Crippen molar-refractivity contribution in [2.45, 2.75) is 72.1 Å². The SMILES string of the molecule is COC(=O)c1cc(OC)c(CN(CCNC(=O)CCCNC(=O)OC(C)(C)C)C(=O)OC(C)(C)C)cn1. The maximum atomic E-state index is 12.8. The lowest BCUT2D eigenvalue weighted by atomic mass is 10.2.